The summed E-state index contributed by atoms with van der Waals surface area (Å²) in [6.45, 7) is 6.86. The maximum Gasteiger partial charge on any atom is 0.0649 e. The molecule has 0 aromatic rings. The van der Waals surface area contributed by atoms with Crippen molar-refractivity contribution >= 4 is 11.8 Å². The molecule has 0 fully saturated rings. The average molecular weight is 221 g/mol. The van der Waals surface area contributed by atoms with Crippen LogP contribution in [0.15, 0.2) is 34.4 Å². The Bertz CT molecular complexity index is 338. The van der Waals surface area contributed by atoms with Crippen LogP contribution in [-0.2, 0) is 0 Å². The molecule has 2 rings (SSSR count). The molecule has 0 amide bonds. The van der Waals surface area contributed by atoms with E-state index in [0.29, 0.717) is 11.8 Å². The molecule has 0 radical (unpaired) electrons. The van der Waals surface area contributed by atoms with Gasteiger partial charge in [0.25, 0.3) is 0 Å². The van der Waals surface area contributed by atoms with E-state index in [-0.39, 0.29) is 0 Å². The number of rotatable bonds is 2. The Morgan fingerprint density at radius 1 is 1.47 bits per heavy atom. The highest BCUT2D eigenvalue weighted by Crippen LogP contribution is 2.42. The zero-order chi connectivity index (χ0) is 10.8. The van der Waals surface area contributed by atoms with Crippen molar-refractivity contribution in [1.29, 1.82) is 0 Å². The van der Waals surface area contributed by atoms with Crippen LogP contribution in [0, 0.1) is 11.8 Å². The van der Waals surface area contributed by atoms with Gasteiger partial charge in [0.05, 0.1) is 5.88 Å². The van der Waals surface area contributed by atoms with Crippen LogP contribution in [0.2, 0.25) is 0 Å². The van der Waals surface area contributed by atoms with Crippen LogP contribution in [0.25, 0.3) is 0 Å². The van der Waals surface area contributed by atoms with Gasteiger partial charge >= 0.3 is 0 Å². The molecule has 15 heavy (non-hydrogen) atoms. The summed E-state index contributed by atoms with van der Waals surface area (Å²) < 4.78 is 0. The molecular formula is C13H19NS. The molecule has 1 nitrogen and oxygen atoms in total. The molecule has 0 aromatic carbocycles. The minimum atomic E-state index is 0.616. The SMILES string of the molecule is CCC1=CC=C(C)C(C2=CNCS2)C1C. The first-order valence-corrected chi connectivity index (χ1v) is 6.66. The molecule has 2 aliphatic rings. The first kappa shape index (κ1) is 10.9. The van der Waals surface area contributed by atoms with Crippen molar-refractivity contribution < 1.29 is 0 Å². The Balaban J connectivity index is 2.25. The molecule has 0 spiro atoms. The van der Waals surface area contributed by atoms with Crippen molar-refractivity contribution in [2.45, 2.75) is 27.2 Å². The Morgan fingerprint density at radius 3 is 2.87 bits per heavy atom. The minimum absolute atomic E-state index is 0.616. The fraction of sp³-hybridized carbons (Fsp3) is 0.538. The number of hydrogen-bond donors (Lipinski definition) is 1. The molecule has 1 aliphatic heterocycles. The van der Waals surface area contributed by atoms with E-state index < -0.39 is 0 Å². The van der Waals surface area contributed by atoms with E-state index in [1.807, 2.05) is 11.8 Å². The monoisotopic (exact) mass is 221 g/mol. The molecule has 2 heteroatoms. The first-order chi connectivity index (χ1) is 7.24. The summed E-state index contributed by atoms with van der Waals surface area (Å²) in [5.41, 5.74) is 3.08. The summed E-state index contributed by atoms with van der Waals surface area (Å²) in [5.74, 6) is 2.32. The summed E-state index contributed by atoms with van der Waals surface area (Å²) >= 11 is 1.95. The number of allylic oxidation sites excluding steroid dienone is 5. The Kier molecular flexibility index (Phi) is 3.25. The van der Waals surface area contributed by atoms with E-state index >= 15 is 0 Å². The Morgan fingerprint density at radius 2 is 2.27 bits per heavy atom. The molecule has 0 bridgehead atoms. The molecule has 2 atom stereocenters. The lowest BCUT2D eigenvalue weighted by Crippen LogP contribution is -2.18. The van der Waals surface area contributed by atoms with Crippen LogP contribution in [0.3, 0.4) is 0 Å². The van der Waals surface area contributed by atoms with Crippen LogP contribution < -0.4 is 5.32 Å². The zero-order valence-electron chi connectivity index (χ0n) is 9.71. The highest BCUT2D eigenvalue weighted by Gasteiger charge is 2.28. The zero-order valence-corrected chi connectivity index (χ0v) is 10.5. The molecule has 1 aliphatic carbocycles. The highest BCUT2D eigenvalue weighted by molar-refractivity contribution is 8.03. The van der Waals surface area contributed by atoms with E-state index in [1.165, 1.54) is 16.9 Å². The molecular weight excluding hydrogens is 202 g/mol. The van der Waals surface area contributed by atoms with Gasteiger partial charge in [-0.25, -0.2) is 0 Å². The number of thioether (sulfide) groups is 1. The van der Waals surface area contributed by atoms with Crippen molar-refractivity contribution in [3.63, 3.8) is 0 Å². The second-order valence-corrected chi connectivity index (χ2v) is 5.36. The van der Waals surface area contributed by atoms with E-state index in [4.69, 9.17) is 0 Å². The van der Waals surface area contributed by atoms with Gasteiger partial charge < -0.3 is 5.32 Å². The fourth-order valence-corrected chi connectivity index (χ4v) is 3.57. The molecule has 0 aromatic heterocycles. The maximum atomic E-state index is 3.30. The van der Waals surface area contributed by atoms with E-state index in [0.717, 1.165) is 5.88 Å². The standard InChI is InChI=1S/C13H19NS/c1-4-11-6-5-9(2)13(10(11)3)12-7-14-8-15-12/h5-7,10,13-14H,4,8H2,1-3H3. The van der Waals surface area contributed by atoms with Gasteiger partial charge in [-0.2, -0.15) is 0 Å². The third kappa shape index (κ3) is 2.00. The Hall–Kier alpha value is -0.630. The second-order valence-electron chi connectivity index (χ2n) is 4.31. The summed E-state index contributed by atoms with van der Waals surface area (Å²) in [6.07, 6.45) is 7.97. The van der Waals surface area contributed by atoms with Crippen LogP contribution in [0.1, 0.15) is 27.2 Å². The predicted octanol–water partition coefficient (Wildman–Crippen LogP) is 3.67. The van der Waals surface area contributed by atoms with Crippen molar-refractivity contribution in [3.8, 4) is 0 Å². The van der Waals surface area contributed by atoms with Gasteiger partial charge in [0.15, 0.2) is 0 Å². The van der Waals surface area contributed by atoms with E-state index in [1.54, 1.807) is 5.57 Å². The molecule has 0 saturated carbocycles. The maximum absolute atomic E-state index is 3.30. The third-order valence-electron chi connectivity index (χ3n) is 3.42. The lowest BCUT2D eigenvalue weighted by atomic mass is 9.78. The number of nitrogens with one attached hydrogen (secondary N) is 1. The van der Waals surface area contributed by atoms with Gasteiger partial charge in [0, 0.05) is 17.0 Å². The van der Waals surface area contributed by atoms with Crippen LogP contribution in [0.4, 0.5) is 0 Å². The highest BCUT2D eigenvalue weighted by atomic mass is 32.2. The van der Waals surface area contributed by atoms with Gasteiger partial charge in [0.2, 0.25) is 0 Å². The van der Waals surface area contributed by atoms with Crippen molar-refractivity contribution in [1.82, 2.24) is 5.32 Å². The van der Waals surface area contributed by atoms with Crippen LogP contribution >= 0.6 is 11.8 Å². The van der Waals surface area contributed by atoms with Crippen LogP contribution in [0.5, 0.6) is 0 Å². The lowest BCUT2D eigenvalue weighted by molar-refractivity contribution is 0.523. The minimum Gasteiger partial charge on any atom is -0.381 e. The molecule has 0 saturated heterocycles. The van der Waals surface area contributed by atoms with Gasteiger partial charge in [-0.3, -0.25) is 0 Å². The largest absolute Gasteiger partial charge is 0.381 e. The fourth-order valence-electron chi connectivity index (χ4n) is 2.50. The normalized spacial score (nSPS) is 30.5. The summed E-state index contributed by atoms with van der Waals surface area (Å²) in [4.78, 5) is 1.51. The predicted molar refractivity (Wildman–Crippen MR) is 68.5 cm³/mol. The van der Waals surface area contributed by atoms with Crippen molar-refractivity contribution in [3.05, 3.63) is 34.4 Å². The Labute approximate surface area is 96.7 Å². The topological polar surface area (TPSA) is 12.0 Å². The van der Waals surface area contributed by atoms with Gasteiger partial charge in [0.1, 0.15) is 0 Å². The van der Waals surface area contributed by atoms with Gasteiger partial charge in [-0.15, -0.1) is 11.8 Å². The molecule has 1 N–H and O–H groups in total. The third-order valence-corrected chi connectivity index (χ3v) is 4.43. The number of hydrogen-bond acceptors (Lipinski definition) is 2. The average Bonchev–Trinajstić information content (AvgIpc) is 2.71. The van der Waals surface area contributed by atoms with E-state index in [2.05, 4.69) is 44.4 Å². The quantitative estimate of drug-likeness (QED) is 0.763. The first-order valence-electron chi connectivity index (χ1n) is 5.67. The van der Waals surface area contributed by atoms with Crippen molar-refractivity contribution in [2.75, 3.05) is 5.88 Å². The molecule has 82 valence electrons. The summed E-state index contributed by atoms with van der Waals surface area (Å²) in [7, 11) is 0. The second kappa shape index (κ2) is 4.48. The summed E-state index contributed by atoms with van der Waals surface area (Å²) in [5, 5.41) is 3.30. The van der Waals surface area contributed by atoms with Crippen LogP contribution in [-0.4, -0.2) is 5.88 Å². The van der Waals surface area contributed by atoms with Gasteiger partial charge in [-0.05, 0) is 19.3 Å². The molecule has 1 heterocycles. The lowest BCUT2D eigenvalue weighted by Gasteiger charge is -2.30. The van der Waals surface area contributed by atoms with E-state index in [9.17, 15) is 0 Å². The van der Waals surface area contributed by atoms with Crippen molar-refractivity contribution in [2.24, 2.45) is 11.8 Å². The smallest absolute Gasteiger partial charge is 0.0649 e. The summed E-state index contributed by atoms with van der Waals surface area (Å²) in [6, 6.07) is 0. The molecule has 2 unspecified atom stereocenters. The van der Waals surface area contributed by atoms with Gasteiger partial charge in [-0.1, -0.05) is 37.1 Å².